The highest BCUT2D eigenvalue weighted by Crippen LogP contribution is 2.40. The summed E-state index contributed by atoms with van der Waals surface area (Å²) in [4.78, 5) is 21.2. The number of non-ortho nitro benzene ring substituents is 1. The lowest BCUT2D eigenvalue weighted by atomic mass is 10.2. The van der Waals surface area contributed by atoms with E-state index < -0.39 is 10.9 Å². The number of rotatable bonds is 6. The minimum absolute atomic E-state index is 0.0925. The first kappa shape index (κ1) is 14.6. The molecule has 0 atom stereocenters. The number of nitro benzene ring substituents is 1. The molecule has 0 aliphatic rings. The van der Waals surface area contributed by atoms with E-state index in [1.165, 1.54) is 33.5 Å². The Kier molecular flexibility index (Phi) is 4.92. The number of hydrogen-bond donors (Lipinski definition) is 0. The van der Waals surface area contributed by atoms with Crippen molar-refractivity contribution in [2.45, 2.75) is 0 Å². The van der Waals surface area contributed by atoms with Crippen LogP contribution < -0.4 is 14.2 Å². The number of nitrogens with zero attached hydrogens (tertiary/aromatic N) is 1. The fourth-order valence-electron chi connectivity index (χ4n) is 1.30. The van der Waals surface area contributed by atoms with E-state index in [0.717, 1.165) is 0 Å². The highest BCUT2D eigenvalue weighted by atomic mass is 16.6. The molecule has 0 spiro atoms. The van der Waals surface area contributed by atoms with Gasteiger partial charge in [-0.3, -0.25) is 10.1 Å². The molecule has 0 bridgehead atoms. The molecule has 8 heteroatoms. The lowest BCUT2D eigenvalue weighted by Crippen LogP contribution is -2.13. The average Bonchev–Trinajstić information content (AvgIpc) is 2.43. The molecule has 1 aromatic carbocycles. The lowest BCUT2D eigenvalue weighted by molar-refractivity contribution is -0.385. The molecule has 0 saturated heterocycles. The van der Waals surface area contributed by atoms with Gasteiger partial charge < -0.3 is 18.9 Å². The second kappa shape index (κ2) is 6.43. The topological polar surface area (TPSA) is 97.1 Å². The number of carbonyl (C=O) groups is 1. The van der Waals surface area contributed by atoms with Crippen molar-refractivity contribution in [2.75, 3.05) is 27.9 Å². The zero-order valence-electron chi connectivity index (χ0n) is 10.7. The molecule has 0 radical (unpaired) electrons. The van der Waals surface area contributed by atoms with Gasteiger partial charge in [-0.25, -0.2) is 4.79 Å². The quantitative estimate of drug-likeness (QED) is 0.435. The number of esters is 1. The van der Waals surface area contributed by atoms with Crippen molar-refractivity contribution in [1.29, 1.82) is 0 Å². The van der Waals surface area contributed by atoms with Gasteiger partial charge in [0.25, 0.3) is 5.69 Å². The van der Waals surface area contributed by atoms with Crippen LogP contribution in [0.4, 0.5) is 5.69 Å². The second-order valence-electron chi connectivity index (χ2n) is 3.30. The number of nitro groups is 1. The fraction of sp³-hybridized carbons (Fsp3) is 0.364. The minimum Gasteiger partial charge on any atom is -0.492 e. The molecule has 19 heavy (non-hydrogen) atoms. The summed E-state index contributed by atoms with van der Waals surface area (Å²) in [6.45, 7) is -0.360. The monoisotopic (exact) mass is 271 g/mol. The largest absolute Gasteiger partial charge is 0.492 e. The standard InChI is InChI=1S/C11H13NO7/c1-16-8-4-7(12(14)15)5-9(17-2)11(8)19-6-10(13)18-3/h4-5H,6H2,1-3H3. The van der Waals surface area contributed by atoms with Gasteiger partial charge in [-0.1, -0.05) is 0 Å². The maximum atomic E-state index is 11.0. The summed E-state index contributed by atoms with van der Waals surface area (Å²) in [6, 6.07) is 2.35. The van der Waals surface area contributed by atoms with Crippen LogP contribution in [0.3, 0.4) is 0 Å². The molecule has 0 saturated carbocycles. The highest BCUT2D eigenvalue weighted by Gasteiger charge is 2.20. The van der Waals surface area contributed by atoms with E-state index in [-0.39, 0.29) is 29.5 Å². The van der Waals surface area contributed by atoms with E-state index in [2.05, 4.69) is 4.74 Å². The highest BCUT2D eigenvalue weighted by molar-refractivity contribution is 5.71. The Balaban J connectivity index is 3.13. The van der Waals surface area contributed by atoms with Crippen LogP contribution >= 0.6 is 0 Å². The summed E-state index contributed by atoms with van der Waals surface area (Å²) in [5.41, 5.74) is -0.209. The summed E-state index contributed by atoms with van der Waals surface area (Å²) >= 11 is 0. The van der Waals surface area contributed by atoms with Crippen molar-refractivity contribution in [1.82, 2.24) is 0 Å². The van der Waals surface area contributed by atoms with E-state index in [9.17, 15) is 14.9 Å². The van der Waals surface area contributed by atoms with E-state index in [1.54, 1.807) is 0 Å². The molecule has 0 unspecified atom stereocenters. The molecule has 1 aromatic rings. The van der Waals surface area contributed by atoms with Gasteiger partial charge >= 0.3 is 5.97 Å². The van der Waals surface area contributed by atoms with E-state index >= 15 is 0 Å². The van der Waals surface area contributed by atoms with Gasteiger partial charge in [0.05, 0.1) is 38.4 Å². The van der Waals surface area contributed by atoms with Crippen LogP contribution in [0.15, 0.2) is 12.1 Å². The minimum atomic E-state index is -0.595. The SMILES string of the molecule is COC(=O)COc1c(OC)cc([N+](=O)[O-])cc1OC. The van der Waals surface area contributed by atoms with Crippen molar-refractivity contribution in [2.24, 2.45) is 0 Å². The van der Waals surface area contributed by atoms with Crippen molar-refractivity contribution >= 4 is 11.7 Å². The van der Waals surface area contributed by atoms with Gasteiger partial charge in [0.2, 0.25) is 5.75 Å². The lowest BCUT2D eigenvalue weighted by Gasteiger charge is -2.13. The number of benzene rings is 1. The van der Waals surface area contributed by atoms with Crippen LogP contribution in [0.5, 0.6) is 17.2 Å². The first-order valence-corrected chi connectivity index (χ1v) is 5.13. The summed E-state index contributed by atoms with van der Waals surface area (Å²) in [5, 5.41) is 10.7. The molecule has 0 aliphatic heterocycles. The van der Waals surface area contributed by atoms with Gasteiger partial charge in [0, 0.05) is 0 Å². The zero-order valence-corrected chi connectivity index (χ0v) is 10.7. The van der Waals surface area contributed by atoms with Crippen LogP contribution in [0.25, 0.3) is 0 Å². The maximum Gasteiger partial charge on any atom is 0.343 e. The van der Waals surface area contributed by atoms with Gasteiger partial charge in [0.1, 0.15) is 0 Å². The van der Waals surface area contributed by atoms with E-state index in [1.807, 2.05) is 0 Å². The molecular weight excluding hydrogens is 258 g/mol. The second-order valence-corrected chi connectivity index (χ2v) is 3.30. The number of ether oxygens (including phenoxy) is 4. The summed E-state index contributed by atoms with van der Waals surface area (Å²) in [7, 11) is 3.86. The van der Waals surface area contributed by atoms with Gasteiger partial charge in [-0.05, 0) is 0 Å². The maximum absolute atomic E-state index is 11.0. The molecule has 8 nitrogen and oxygen atoms in total. The van der Waals surface area contributed by atoms with Crippen molar-refractivity contribution in [3.05, 3.63) is 22.2 Å². The Morgan fingerprint density at radius 2 is 1.74 bits per heavy atom. The van der Waals surface area contributed by atoms with Gasteiger partial charge in [-0.15, -0.1) is 0 Å². The number of hydrogen-bond acceptors (Lipinski definition) is 7. The first-order valence-electron chi connectivity index (χ1n) is 5.13. The van der Waals surface area contributed by atoms with Crippen LogP contribution in [0, 0.1) is 10.1 Å². The zero-order chi connectivity index (χ0) is 14.4. The smallest absolute Gasteiger partial charge is 0.343 e. The van der Waals surface area contributed by atoms with E-state index in [4.69, 9.17) is 14.2 Å². The molecule has 0 fully saturated rings. The molecule has 0 N–H and O–H groups in total. The third-order valence-electron chi connectivity index (χ3n) is 2.22. The third kappa shape index (κ3) is 3.47. The average molecular weight is 271 g/mol. The molecule has 0 aromatic heterocycles. The van der Waals surface area contributed by atoms with Crippen LogP contribution in [-0.2, 0) is 9.53 Å². The summed E-state index contributed by atoms with van der Waals surface area (Å²) in [5.74, 6) is -0.312. The Morgan fingerprint density at radius 1 is 1.21 bits per heavy atom. The number of carbonyl (C=O) groups excluding carboxylic acids is 1. The Hall–Kier alpha value is -2.51. The molecule has 0 heterocycles. The van der Waals surface area contributed by atoms with Crippen LogP contribution in [0.2, 0.25) is 0 Å². The molecule has 1 rings (SSSR count). The van der Waals surface area contributed by atoms with Gasteiger partial charge in [0.15, 0.2) is 18.1 Å². The predicted octanol–water partition coefficient (Wildman–Crippen LogP) is 1.16. The van der Waals surface area contributed by atoms with E-state index in [0.29, 0.717) is 0 Å². The predicted molar refractivity (Wildman–Crippen MR) is 63.7 cm³/mol. The third-order valence-corrected chi connectivity index (χ3v) is 2.22. The first-order chi connectivity index (χ1) is 9.03. The molecular formula is C11H13NO7. The number of methoxy groups -OCH3 is 3. The Labute approximate surface area is 109 Å². The molecule has 0 amide bonds. The van der Waals surface area contributed by atoms with Crippen LogP contribution in [-0.4, -0.2) is 38.8 Å². The Bertz CT molecular complexity index is 461. The van der Waals surface area contributed by atoms with Gasteiger partial charge in [-0.2, -0.15) is 0 Å². The summed E-state index contributed by atoms with van der Waals surface area (Å²) in [6.07, 6.45) is 0. The molecule has 0 aliphatic carbocycles. The van der Waals surface area contributed by atoms with Crippen molar-refractivity contribution < 1.29 is 28.7 Å². The van der Waals surface area contributed by atoms with Crippen molar-refractivity contribution in [3.63, 3.8) is 0 Å². The van der Waals surface area contributed by atoms with Crippen LogP contribution in [0.1, 0.15) is 0 Å². The Morgan fingerprint density at radius 3 is 2.11 bits per heavy atom. The van der Waals surface area contributed by atoms with Crippen molar-refractivity contribution in [3.8, 4) is 17.2 Å². The summed E-state index contributed by atoms with van der Waals surface area (Å²) < 4.78 is 19.6. The molecule has 104 valence electrons. The fourth-order valence-corrected chi connectivity index (χ4v) is 1.30. The normalized spacial score (nSPS) is 9.63.